The Morgan fingerprint density at radius 3 is 1.11 bits per heavy atom. The average Bonchev–Trinajstić information content (AvgIpc) is 2.25. The molecule has 0 amide bonds. The third kappa shape index (κ3) is 2.14. The number of hydrogen-bond acceptors (Lipinski definition) is 6. The SMILES string of the molecule is COC(=O)C1C(C(C)=O)C(C(=O)OC)C1C(C)=O. The lowest BCUT2D eigenvalue weighted by molar-refractivity contribution is -0.182. The number of Topliss-reactive ketones (excluding diaryl/α,β-unsaturated/α-hetero) is 2. The van der Waals surface area contributed by atoms with Crippen LogP contribution >= 0.6 is 0 Å². The first-order valence-electron chi connectivity index (χ1n) is 5.53. The van der Waals surface area contributed by atoms with E-state index < -0.39 is 35.6 Å². The quantitative estimate of drug-likeness (QED) is 0.657. The first-order valence-corrected chi connectivity index (χ1v) is 5.53. The molecule has 0 heterocycles. The highest BCUT2D eigenvalue weighted by molar-refractivity contribution is 6.00. The topological polar surface area (TPSA) is 86.7 Å². The summed E-state index contributed by atoms with van der Waals surface area (Å²) in [6.07, 6.45) is 0. The second-order valence-corrected chi connectivity index (χ2v) is 4.37. The molecule has 0 spiro atoms. The summed E-state index contributed by atoms with van der Waals surface area (Å²) in [5.41, 5.74) is 0. The van der Waals surface area contributed by atoms with Crippen LogP contribution in [0.25, 0.3) is 0 Å². The number of hydrogen-bond donors (Lipinski definition) is 0. The van der Waals surface area contributed by atoms with E-state index >= 15 is 0 Å². The molecule has 0 aromatic rings. The van der Waals surface area contributed by atoms with E-state index in [-0.39, 0.29) is 11.6 Å². The number of carbonyl (C=O) groups is 4. The zero-order chi connectivity index (χ0) is 14.0. The van der Waals surface area contributed by atoms with Crippen LogP contribution < -0.4 is 0 Å². The molecule has 1 aliphatic rings. The van der Waals surface area contributed by atoms with E-state index in [0.29, 0.717) is 0 Å². The summed E-state index contributed by atoms with van der Waals surface area (Å²) in [5, 5.41) is 0. The van der Waals surface area contributed by atoms with Crippen LogP contribution in [0.15, 0.2) is 0 Å². The van der Waals surface area contributed by atoms with Crippen LogP contribution in [-0.4, -0.2) is 37.7 Å². The Morgan fingerprint density at radius 2 is 0.944 bits per heavy atom. The molecule has 0 aromatic heterocycles. The molecule has 0 aromatic carbocycles. The highest BCUT2D eigenvalue weighted by Gasteiger charge is 2.62. The monoisotopic (exact) mass is 256 g/mol. The lowest BCUT2D eigenvalue weighted by Crippen LogP contribution is -2.59. The first kappa shape index (κ1) is 14.3. The Balaban J connectivity index is 3.10. The smallest absolute Gasteiger partial charge is 0.310 e. The van der Waals surface area contributed by atoms with Crippen molar-refractivity contribution in [1.82, 2.24) is 0 Å². The second-order valence-electron chi connectivity index (χ2n) is 4.37. The maximum Gasteiger partial charge on any atom is 0.310 e. The van der Waals surface area contributed by atoms with Crippen molar-refractivity contribution in [2.24, 2.45) is 23.7 Å². The van der Waals surface area contributed by atoms with E-state index in [9.17, 15) is 19.2 Å². The molecule has 0 saturated heterocycles. The first-order chi connectivity index (χ1) is 8.36. The molecule has 0 aliphatic heterocycles. The van der Waals surface area contributed by atoms with Crippen LogP contribution in [0, 0.1) is 23.7 Å². The summed E-state index contributed by atoms with van der Waals surface area (Å²) >= 11 is 0. The van der Waals surface area contributed by atoms with E-state index in [1.807, 2.05) is 0 Å². The van der Waals surface area contributed by atoms with Crippen molar-refractivity contribution in [3.63, 3.8) is 0 Å². The number of ketones is 2. The van der Waals surface area contributed by atoms with Crippen LogP contribution in [-0.2, 0) is 28.7 Å². The molecule has 6 nitrogen and oxygen atoms in total. The maximum atomic E-state index is 11.6. The summed E-state index contributed by atoms with van der Waals surface area (Å²) in [6.45, 7) is 2.57. The summed E-state index contributed by atoms with van der Waals surface area (Å²) in [5.74, 6) is -5.36. The van der Waals surface area contributed by atoms with Crippen molar-refractivity contribution >= 4 is 23.5 Å². The van der Waals surface area contributed by atoms with Gasteiger partial charge < -0.3 is 9.47 Å². The highest BCUT2D eigenvalue weighted by Crippen LogP contribution is 2.48. The predicted octanol–water partition coefficient (Wildman–Crippen LogP) is -0.0112. The van der Waals surface area contributed by atoms with Gasteiger partial charge in [-0.15, -0.1) is 0 Å². The molecular formula is C12H16O6. The molecule has 1 saturated carbocycles. The Bertz CT molecular complexity index is 353. The van der Waals surface area contributed by atoms with Gasteiger partial charge in [0.25, 0.3) is 0 Å². The van der Waals surface area contributed by atoms with E-state index in [1.165, 1.54) is 28.1 Å². The number of carbonyl (C=O) groups excluding carboxylic acids is 4. The van der Waals surface area contributed by atoms with Gasteiger partial charge in [0.2, 0.25) is 0 Å². The summed E-state index contributed by atoms with van der Waals surface area (Å²) in [6, 6.07) is 0. The van der Waals surface area contributed by atoms with Gasteiger partial charge in [-0.1, -0.05) is 0 Å². The molecule has 0 bridgehead atoms. The Kier molecular flexibility index (Phi) is 4.21. The fourth-order valence-corrected chi connectivity index (χ4v) is 2.62. The Labute approximate surface area is 105 Å². The third-order valence-electron chi connectivity index (χ3n) is 3.43. The number of rotatable bonds is 4. The molecule has 0 radical (unpaired) electrons. The molecule has 1 rings (SSSR count). The molecule has 0 N–H and O–H groups in total. The molecule has 6 heteroatoms. The van der Waals surface area contributed by atoms with E-state index in [2.05, 4.69) is 9.47 Å². The van der Waals surface area contributed by atoms with Gasteiger partial charge in [0.05, 0.1) is 26.1 Å². The number of ether oxygens (including phenoxy) is 2. The number of esters is 2. The summed E-state index contributed by atoms with van der Waals surface area (Å²) < 4.78 is 9.16. The van der Waals surface area contributed by atoms with Gasteiger partial charge in [-0.3, -0.25) is 19.2 Å². The normalized spacial score (nSPS) is 30.0. The van der Waals surface area contributed by atoms with Crippen molar-refractivity contribution in [2.75, 3.05) is 14.2 Å². The van der Waals surface area contributed by atoms with E-state index in [1.54, 1.807) is 0 Å². The molecule has 1 fully saturated rings. The van der Waals surface area contributed by atoms with Crippen molar-refractivity contribution < 1.29 is 28.7 Å². The van der Waals surface area contributed by atoms with Crippen LogP contribution in [0.1, 0.15) is 13.8 Å². The summed E-state index contributed by atoms with van der Waals surface area (Å²) in [7, 11) is 2.37. The lowest BCUT2D eigenvalue weighted by atomic mass is 9.54. The fourth-order valence-electron chi connectivity index (χ4n) is 2.62. The van der Waals surface area contributed by atoms with Crippen molar-refractivity contribution in [1.29, 1.82) is 0 Å². The zero-order valence-corrected chi connectivity index (χ0v) is 10.8. The van der Waals surface area contributed by atoms with Gasteiger partial charge >= 0.3 is 11.9 Å². The molecule has 0 atom stereocenters. The van der Waals surface area contributed by atoms with Gasteiger partial charge in [0, 0.05) is 11.8 Å². The number of methoxy groups -OCH3 is 2. The van der Waals surface area contributed by atoms with Crippen LogP contribution in [0.3, 0.4) is 0 Å². The van der Waals surface area contributed by atoms with Gasteiger partial charge in [-0.2, -0.15) is 0 Å². The lowest BCUT2D eigenvalue weighted by Gasteiger charge is -2.45. The predicted molar refractivity (Wildman–Crippen MR) is 59.4 cm³/mol. The van der Waals surface area contributed by atoms with Crippen LogP contribution in [0.5, 0.6) is 0 Å². The second kappa shape index (κ2) is 5.29. The van der Waals surface area contributed by atoms with Gasteiger partial charge in [-0.25, -0.2) is 0 Å². The van der Waals surface area contributed by atoms with Crippen molar-refractivity contribution in [2.45, 2.75) is 13.8 Å². The van der Waals surface area contributed by atoms with E-state index in [4.69, 9.17) is 0 Å². The van der Waals surface area contributed by atoms with Crippen molar-refractivity contribution in [3.8, 4) is 0 Å². The van der Waals surface area contributed by atoms with Crippen LogP contribution in [0.4, 0.5) is 0 Å². The van der Waals surface area contributed by atoms with Gasteiger partial charge in [-0.05, 0) is 13.8 Å². The standard InChI is InChI=1S/C12H16O6/c1-5(13)7-9(11(15)17-3)8(6(2)14)10(7)12(16)18-4/h7-10H,1-4H3. The molecule has 18 heavy (non-hydrogen) atoms. The zero-order valence-electron chi connectivity index (χ0n) is 10.8. The van der Waals surface area contributed by atoms with Gasteiger partial charge in [0.15, 0.2) is 0 Å². The highest BCUT2D eigenvalue weighted by atomic mass is 16.5. The van der Waals surface area contributed by atoms with Gasteiger partial charge in [0.1, 0.15) is 11.6 Å². The molecular weight excluding hydrogens is 240 g/mol. The minimum atomic E-state index is -0.880. The molecule has 0 unspecified atom stereocenters. The summed E-state index contributed by atoms with van der Waals surface area (Å²) in [4.78, 5) is 46.3. The largest absolute Gasteiger partial charge is 0.469 e. The fraction of sp³-hybridized carbons (Fsp3) is 0.667. The molecule has 1 aliphatic carbocycles. The Hall–Kier alpha value is -1.72. The van der Waals surface area contributed by atoms with Crippen molar-refractivity contribution in [3.05, 3.63) is 0 Å². The third-order valence-corrected chi connectivity index (χ3v) is 3.43. The molecule has 100 valence electrons. The van der Waals surface area contributed by atoms with Crippen LogP contribution in [0.2, 0.25) is 0 Å². The average molecular weight is 256 g/mol. The minimum Gasteiger partial charge on any atom is -0.469 e. The Morgan fingerprint density at radius 1 is 0.667 bits per heavy atom. The van der Waals surface area contributed by atoms with E-state index in [0.717, 1.165) is 0 Å². The maximum absolute atomic E-state index is 11.6. The minimum absolute atomic E-state index is 0.321.